The third-order valence-corrected chi connectivity index (χ3v) is 2.54. The zero-order valence-corrected chi connectivity index (χ0v) is 10.8. The van der Waals surface area contributed by atoms with Crippen LogP contribution in [0.2, 0.25) is 0 Å². The Kier molecular flexibility index (Phi) is 5.27. The Morgan fingerprint density at radius 2 is 2.28 bits per heavy atom. The molecule has 0 aliphatic heterocycles. The molecule has 0 radical (unpaired) electrons. The van der Waals surface area contributed by atoms with Crippen LogP contribution in [-0.2, 0) is 10.3 Å². The minimum atomic E-state index is -1.17. The van der Waals surface area contributed by atoms with Gasteiger partial charge in [0.15, 0.2) is 0 Å². The van der Waals surface area contributed by atoms with Crippen molar-refractivity contribution in [2.75, 3.05) is 19.8 Å². The van der Waals surface area contributed by atoms with E-state index in [4.69, 9.17) is 15.3 Å². The fraction of sp³-hybridized carbons (Fsp3) is 0.462. The summed E-state index contributed by atoms with van der Waals surface area (Å²) in [6, 6.07) is 3.35. The maximum absolute atomic E-state index is 10.2. The van der Waals surface area contributed by atoms with Crippen molar-refractivity contribution in [2.24, 2.45) is 0 Å². The monoisotopic (exact) mass is 252 g/mol. The molecule has 100 valence electrons. The summed E-state index contributed by atoms with van der Waals surface area (Å²) in [6.45, 7) is 3.70. The van der Waals surface area contributed by atoms with Crippen LogP contribution in [-0.4, -0.2) is 34.6 Å². The number of hydrogen-bond acceptors (Lipinski definition) is 4. The number of nitrogens with zero attached hydrogens (tertiary/aromatic N) is 1. The van der Waals surface area contributed by atoms with Crippen molar-refractivity contribution < 1.29 is 14.9 Å². The van der Waals surface area contributed by atoms with Gasteiger partial charge in [-0.15, -0.1) is 0 Å². The molecule has 0 saturated heterocycles. The molecule has 0 bridgehead atoms. The van der Waals surface area contributed by atoms with Crippen molar-refractivity contribution >= 4 is 6.20 Å². The Balaban J connectivity index is 2.89. The van der Waals surface area contributed by atoms with Crippen molar-refractivity contribution in [3.8, 4) is 0 Å². The van der Waals surface area contributed by atoms with Crippen LogP contribution in [0.15, 0.2) is 24.4 Å². The Morgan fingerprint density at radius 3 is 2.83 bits per heavy atom. The molecule has 1 aromatic heterocycles. The molecule has 18 heavy (non-hydrogen) atoms. The van der Waals surface area contributed by atoms with Gasteiger partial charge in [-0.1, -0.05) is 6.08 Å². The summed E-state index contributed by atoms with van der Waals surface area (Å²) in [7, 11) is 0. The second-order valence-corrected chi connectivity index (χ2v) is 4.24. The number of aromatic nitrogens is 1. The number of rotatable bonds is 6. The first-order valence-corrected chi connectivity index (χ1v) is 5.82. The van der Waals surface area contributed by atoms with Crippen LogP contribution in [0.1, 0.15) is 19.4 Å². The lowest BCUT2D eigenvalue weighted by Crippen LogP contribution is -2.30. The van der Waals surface area contributed by atoms with E-state index in [1.807, 2.05) is 13.0 Å². The second-order valence-electron chi connectivity index (χ2n) is 4.24. The molecule has 3 N–H and O–H groups in total. The summed E-state index contributed by atoms with van der Waals surface area (Å²) in [5.41, 5.74) is -0.265. The number of aliphatic hydroxyl groups is 2. The molecule has 1 rings (SSSR count). The van der Waals surface area contributed by atoms with E-state index in [1.165, 1.54) is 0 Å². The number of pyridine rings is 1. The van der Waals surface area contributed by atoms with Gasteiger partial charge in [0, 0.05) is 12.4 Å². The predicted molar refractivity (Wildman–Crippen MR) is 68.8 cm³/mol. The number of ether oxygens (including phenoxy) is 1. The van der Waals surface area contributed by atoms with Gasteiger partial charge in [0.25, 0.3) is 0 Å². The fourth-order valence-corrected chi connectivity index (χ4v) is 1.56. The summed E-state index contributed by atoms with van der Waals surface area (Å²) in [6.07, 6.45) is 5.32. The van der Waals surface area contributed by atoms with Gasteiger partial charge in [0.2, 0.25) is 0 Å². The van der Waals surface area contributed by atoms with E-state index in [-0.39, 0.29) is 25.3 Å². The van der Waals surface area contributed by atoms with E-state index in [0.29, 0.717) is 5.56 Å². The molecule has 1 unspecified atom stereocenters. The molecule has 0 saturated carbocycles. The summed E-state index contributed by atoms with van der Waals surface area (Å²) in [5, 5.41) is 26.7. The fourth-order valence-electron chi connectivity index (χ4n) is 1.56. The van der Waals surface area contributed by atoms with E-state index in [0.717, 1.165) is 0 Å². The van der Waals surface area contributed by atoms with Crippen LogP contribution in [0, 0.1) is 5.41 Å². The maximum Gasteiger partial charge on any atom is 0.129 e. The Bertz CT molecular complexity index is 464. The van der Waals surface area contributed by atoms with Crippen molar-refractivity contribution in [3.63, 3.8) is 0 Å². The van der Waals surface area contributed by atoms with Crippen LogP contribution in [0.25, 0.3) is 6.20 Å². The van der Waals surface area contributed by atoms with Crippen LogP contribution >= 0.6 is 0 Å². The van der Waals surface area contributed by atoms with Gasteiger partial charge >= 0.3 is 0 Å². The van der Waals surface area contributed by atoms with E-state index < -0.39 is 5.60 Å². The molecule has 5 nitrogen and oxygen atoms in total. The standard InChI is InChI=1S/C13H20N2O3/c1-3-5-15-6-4-11(9-12(15)14)13(2,17)10-18-8-7-16/h3-6,9,14,16-17H,7-8,10H2,1-2H3/b5-3-,14-12?. The highest BCUT2D eigenvalue weighted by Crippen LogP contribution is 2.19. The first-order chi connectivity index (χ1) is 8.51. The normalized spacial score (nSPS) is 14.9. The third-order valence-electron chi connectivity index (χ3n) is 2.54. The van der Waals surface area contributed by atoms with E-state index in [1.54, 1.807) is 36.0 Å². The molecule has 0 amide bonds. The van der Waals surface area contributed by atoms with Crippen molar-refractivity contribution in [1.29, 1.82) is 5.41 Å². The minimum Gasteiger partial charge on any atom is -0.394 e. The number of hydrogen-bond donors (Lipinski definition) is 3. The maximum atomic E-state index is 10.2. The first-order valence-electron chi connectivity index (χ1n) is 5.82. The zero-order chi connectivity index (χ0) is 13.6. The van der Waals surface area contributed by atoms with Gasteiger partial charge < -0.3 is 19.5 Å². The molecule has 5 heteroatoms. The van der Waals surface area contributed by atoms with Gasteiger partial charge in [0.05, 0.1) is 19.8 Å². The van der Waals surface area contributed by atoms with E-state index in [2.05, 4.69) is 0 Å². The summed E-state index contributed by atoms with van der Waals surface area (Å²) >= 11 is 0. The van der Waals surface area contributed by atoms with Crippen molar-refractivity contribution in [2.45, 2.75) is 19.4 Å². The second kappa shape index (κ2) is 6.49. The zero-order valence-electron chi connectivity index (χ0n) is 10.8. The Labute approximate surface area is 106 Å². The van der Waals surface area contributed by atoms with Crippen LogP contribution < -0.4 is 5.49 Å². The molecule has 0 aromatic carbocycles. The number of nitrogens with one attached hydrogen (secondary N) is 1. The highest BCUT2D eigenvalue weighted by atomic mass is 16.5. The predicted octanol–water partition coefficient (Wildman–Crippen LogP) is 0.675. The third kappa shape index (κ3) is 3.80. The van der Waals surface area contributed by atoms with Crippen molar-refractivity contribution in [3.05, 3.63) is 35.5 Å². The molecule has 0 fully saturated rings. The lowest BCUT2D eigenvalue weighted by Gasteiger charge is -2.23. The van der Waals surface area contributed by atoms with Crippen LogP contribution in [0.4, 0.5) is 0 Å². The number of aliphatic hydroxyl groups excluding tert-OH is 1. The first kappa shape index (κ1) is 14.6. The number of allylic oxidation sites excluding steroid dienone is 1. The summed E-state index contributed by atoms with van der Waals surface area (Å²) in [5.74, 6) is 0. The molecule has 0 spiro atoms. The van der Waals surface area contributed by atoms with Gasteiger partial charge in [0.1, 0.15) is 11.1 Å². The highest BCUT2D eigenvalue weighted by Gasteiger charge is 2.23. The largest absolute Gasteiger partial charge is 0.394 e. The highest BCUT2D eigenvalue weighted by molar-refractivity contribution is 5.26. The quantitative estimate of drug-likeness (QED) is 0.651. The molecular weight excluding hydrogens is 232 g/mol. The molecular formula is C13H20N2O3. The van der Waals surface area contributed by atoms with Crippen LogP contribution in [0.5, 0.6) is 0 Å². The Hall–Kier alpha value is -1.43. The Morgan fingerprint density at radius 1 is 1.56 bits per heavy atom. The van der Waals surface area contributed by atoms with Gasteiger partial charge in [-0.2, -0.15) is 0 Å². The average molecular weight is 252 g/mol. The molecule has 1 aromatic rings. The van der Waals surface area contributed by atoms with Gasteiger partial charge in [-0.3, -0.25) is 5.41 Å². The van der Waals surface area contributed by atoms with E-state index >= 15 is 0 Å². The van der Waals surface area contributed by atoms with Gasteiger partial charge in [-0.25, -0.2) is 0 Å². The molecule has 1 heterocycles. The summed E-state index contributed by atoms with van der Waals surface area (Å²) < 4.78 is 6.78. The molecule has 0 aliphatic rings. The SMILES string of the molecule is C/C=C\n1ccc(C(C)(O)COCCO)cc1=N. The lowest BCUT2D eigenvalue weighted by molar-refractivity contribution is -0.0448. The van der Waals surface area contributed by atoms with Crippen LogP contribution in [0.3, 0.4) is 0 Å². The molecule has 1 atom stereocenters. The molecule has 0 aliphatic carbocycles. The lowest BCUT2D eigenvalue weighted by atomic mass is 9.98. The topological polar surface area (TPSA) is 78.5 Å². The van der Waals surface area contributed by atoms with Crippen molar-refractivity contribution in [1.82, 2.24) is 4.57 Å². The summed E-state index contributed by atoms with van der Waals surface area (Å²) in [4.78, 5) is 0. The average Bonchev–Trinajstić information content (AvgIpc) is 2.32. The minimum absolute atomic E-state index is 0.0736. The smallest absolute Gasteiger partial charge is 0.129 e. The van der Waals surface area contributed by atoms with Gasteiger partial charge in [-0.05, 0) is 31.5 Å². The van der Waals surface area contributed by atoms with E-state index in [9.17, 15) is 5.11 Å².